The molecule has 1 aromatic heterocycles. The van der Waals surface area contributed by atoms with Crippen LogP contribution >= 0.6 is 0 Å². The van der Waals surface area contributed by atoms with Gasteiger partial charge in [0.1, 0.15) is 0 Å². The van der Waals surface area contributed by atoms with Gasteiger partial charge in [0, 0.05) is 38.8 Å². The molecule has 106 valence electrons. The summed E-state index contributed by atoms with van der Waals surface area (Å²) >= 11 is 0. The molecule has 1 saturated heterocycles. The number of aliphatic hydroxyl groups is 2. The average Bonchev–Trinajstić information content (AvgIpc) is 2.89. The Kier molecular flexibility index (Phi) is 4.41. The molecule has 1 aromatic rings. The van der Waals surface area contributed by atoms with E-state index in [1.165, 1.54) is 6.07 Å². The molecule has 2 rings (SSSR count). The van der Waals surface area contributed by atoms with E-state index in [9.17, 15) is 9.90 Å². The highest BCUT2D eigenvalue weighted by Crippen LogP contribution is 2.20. The molecule has 1 atom stereocenters. The number of carbonyl (C=O) groups is 1. The van der Waals surface area contributed by atoms with Crippen molar-refractivity contribution in [1.82, 2.24) is 4.90 Å². The van der Waals surface area contributed by atoms with Crippen molar-refractivity contribution in [2.24, 2.45) is 0 Å². The van der Waals surface area contributed by atoms with Crippen molar-refractivity contribution in [1.29, 1.82) is 0 Å². The summed E-state index contributed by atoms with van der Waals surface area (Å²) < 4.78 is 5.24. The molecular weight excluding hydrogens is 252 g/mol. The predicted molar refractivity (Wildman–Crippen MR) is 67.4 cm³/mol. The maximum absolute atomic E-state index is 10.7. The zero-order valence-electron chi connectivity index (χ0n) is 10.5. The van der Waals surface area contributed by atoms with Crippen LogP contribution in [0.4, 0.5) is 5.88 Å². The lowest BCUT2D eigenvalue weighted by Crippen LogP contribution is -2.49. The number of furan rings is 1. The molecule has 0 amide bonds. The Hall–Kier alpha value is -1.57. The minimum Gasteiger partial charge on any atom is -0.475 e. The van der Waals surface area contributed by atoms with E-state index >= 15 is 0 Å². The highest BCUT2D eigenvalue weighted by atomic mass is 16.4. The summed E-state index contributed by atoms with van der Waals surface area (Å²) in [4.78, 5) is 14.8. The Morgan fingerprint density at radius 2 is 2.00 bits per heavy atom. The number of carboxylic acid groups (broad SMARTS) is 1. The van der Waals surface area contributed by atoms with E-state index in [-0.39, 0.29) is 12.4 Å². The van der Waals surface area contributed by atoms with Crippen molar-refractivity contribution < 1.29 is 24.5 Å². The van der Waals surface area contributed by atoms with Gasteiger partial charge in [0.15, 0.2) is 5.88 Å². The smallest absolute Gasteiger partial charge is 0.371 e. The molecule has 3 N–H and O–H groups in total. The fraction of sp³-hybridized carbons (Fsp3) is 0.583. The highest BCUT2D eigenvalue weighted by Gasteiger charge is 2.21. The summed E-state index contributed by atoms with van der Waals surface area (Å²) in [5.41, 5.74) is 0. The lowest BCUT2D eigenvalue weighted by molar-refractivity contribution is 0.0571. The highest BCUT2D eigenvalue weighted by molar-refractivity contribution is 5.84. The van der Waals surface area contributed by atoms with Gasteiger partial charge >= 0.3 is 5.97 Å². The molecule has 0 radical (unpaired) electrons. The van der Waals surface area contributed by atoms with E-state index in [4.69, 9.17) is 14.6 Å². The quantitative estimate of drug-likeness (QED) is 0.660. The van der Waals surface area contributed by atoms with E-state index < -0.39 is 12.1 Å². The fourth-order valence-electron chi connectivity index (χ4n) is 2.12. The SMILES string of the molecule is O=C(O)c1ccc(N2CCN(CC(O)CO)CC2)o1. The van der Waals surface area contributed by atoms with Crippen molar-refractivity contribution in [3.63, 3.8) is 0 Å². The number of rotatable bonds is 5. The van der Waals surface area contributed by atoms with Gasteiger partial charge in [-0.25, -0.2) is 4.79 Å². The van der Waals surface area contributed by atoms with E-state index in [2.05, 4.69) is 4.90 Å². The lowest BCUT2D eigenvalue weighted by Gasteiger charge is -2.35. The first-order valence-corrected chi connectivity index (χ1v) is 6.19. The van der Waals surface area contributed by atoms with Gasteiger partial charge in [-0.2, -0.15) is 0 Å². The molecular formula is C12H18N2O5. The van der Waals surface area contributed by atoms with E-state index in [0.717, 1.165) is 13.1 Å². The lowest BCUT2D eigenvalue weighted by atomic mass is 10.2. The average molecular weight is 270 g/mol. The van der Waals surface area contributed by atoms with Crippen LogP contribution in [0.1, 0.15) is 10.6 Å². The van der Waals surface area contributed by atoms with Gasteiger partial charge in [0.25, 0.3) is 0 Å². The van der Waals surface area contributed by atoms with E-state index in [0.29, 0.717) is 25.5 Å². The van der Waals surface area contributed by atoms with E-state index in [1.807, 2.05) is 4.90 Å². The second-order valence-corrected chi connectivity index (χ2v) is 4.57. The first kappa shape index (κ1) is 13.9. The Morgan fingerprint density at radius 1 is 1.32 bits per heavy atom. The largest absolute Gasteiger partial charge is 0.475 e. The summed E-state index contributed by atoms with van der Waals surface area (Å²) in [6.45, 7) is 3.08. The molecule has 0 aromatic carbocycles. The minimum atomic E-state index is -1.07. The predicted octanol–water partition coefficient (Wildman–Crippen LogP) is -0.547. The van der Waals surface area contributed by atoms with Crippen LogP contribution in [0.15, 0.2) is 16.5 Å². The molecule has 0 saturated carbocycles. The minimum absolute atomic E-state index is 0.0619. The monoisotopic (exact) mass is 270 g/mol. The molecule has 2 heterocycles. The number of piperazine rings is 1. The summed E-state index contributed by atoms with van der Waals surface area (Å²) in [5.74, 6) is -0.580. The molecule has 7 nitrogen and oxygen atoms in total. The van der Waals surface area contributed by atoms with Gasteiger partial charge in [-0.05, 0) is 6.07 Å². The molecule has 0 aliphatic carbocycles. The topological polar surface area (TPSA) is 97.4 Å². The third-order valence-corrected chi connectivity index (χ3v) is 3.17. The number of aliphatic hydroxyl groups excluding tert-OH is 2. The Bertz CT molecular complexity index is 426. The number of anilines is 1. The summed E-state index contributed by atoms with van der Waals surface area (Å²) in [6, 6.07) is 3.10. The van der Waals surface area contributed by atoms with Gasteiger partial charge in [-0.1, -0.05) is 0 Å². The van der Waals surface area contributed by atoms with Gasteiger partial charge < -0.3 is 24.6 Å². The number of hydrogen-bond donors (Lipinski definition) is 3. The molecule has 1 unspecified atom stereocenters. The Morgan fingerprint density at radius 3 is 2.53 bits per heavy atom. The normalized spacial score (nSPS) is 18.5. The zero-order valence-corrected chi connectivity index (χ0v) is 10.5. The van der Waals surface area contributed by atoms with Crippen LogP contribution in [0.2, 0.25) is 0 Å². The van der Waals surface area contributed by atoms with Crippen molar-refractivity contribution in [3.05, 3.63) is 17.9 Å². The van der Waals surface area contributed by atoms with Gasteiger partial charge in [-0.15, -0.1) is 0 Å². The first-order chi connectivity index (χ1) is 9.10. The summed E-state index contributed by atoms with van der Waals surface area (Å²) in [5, 5.41) is 27.0. The molecule has 7 heteroatoms. The summed E-state index contributed by atoms with van der Waals surface area (Å²) in [7, 11) is 0. The fourth-order valence-corrected chi connectivity index (χ4v) is 2.12. The first-order valence-electron chi connectivity index (χ1n) is 6.19. The van der Waals surface area contributed by atoms with Crippen LogP contribution in [0.5, 0.6) is 0 Å². The van der Waals surface area contributed by atoms with E-state index in [1.54, 1.807) is 6.07 Å². The van der Waals surface area contributed by atoms with Crippen molar-refractivity contribution in [2.45, 2.75) is 6.10 Å². The zero-order chi connectivity index (χ0) is 13.8. The molecule has 0 spiro atoms. The molecule has 1 aliphatic rings. The van der Waals surface area contributed by atoms with Crippen LogP contribution in [0.25, 0.3) is 0 Å². The van der Waals surface area contributed by atoms with Gasteiger partial charge in [0.2, 0.25) is 5.76 Å². The number of hydrogen-bond acceptors (Lipinski definition) is 6. The second kappa shape index (κ2) is 6.05. The third kappa shape index (κ3) is 3.46. The Labute approximate surface area is 110 Å². The van der Waals surface area contributed by atoms with Gasteiger partial charge in [-0.3, -0.25) is 4.90 Å². The van der Waals surface area contributed by atoms with Crippen LogP contribution in [0.3, 0.4) is 0 Å². The van der Waals surface area contributed by atoms with Crippen molar-refractivity contribution >= 4 is 11.9 Å². The summed E-state index contributed by atoms with van der Waals surface area (Å²) in [6.07, 6.45) is -0.714. The maximum Gasteiger partial charge on any atom is 0.371 e. The van der Waals surface area contributed by atoms with Crippen LogP contribution in [-0.2, 0) is 0 Å². The number of aromatic carboxylic acids is 1. The van der Waals surface area contributed by atoms with Crippen LogP contribution in [0, 0.1) is 0 Å². The Balaban J connectivity index is 1.87. The number of carboxylic acids is 1. The van der Waals surface area contributed by atoms with Crippen LogP contribution < -0.4 is 4.90 Å². The maximum atomic E-state index is 10.7. The molecule has 0 bridgehead atoms. The standard InChI is InChI=1S/C12H18N2O5/c15-8-9(16)7-13-3-5-14(6-4-13)11-2-1-10(19-11)12(17)18/h1-2,9,15-16H,3-8H2,(H,17,18). The molecule has 1 aliphatic heterocycles. The van der Waals surface area contributed by atoms with Crippen molar-refractivity contribution in [2.75, 3.05) is 44.2 Å². The molecule has 19 heavy (non-hydrogen) atoms. The third-order valence-electron chi connectivity index (χ3n) is 3.17. The number of nitrogens with zero attached hydrogens (tertiary/aromatic N) is 2. The number of β-amino-alcohol motifs (C(OH)–C–C–N with tert-alkyl or cyclic N) is 1. The second-order valence-electron chi connectivity index (χ2n) is 4.57. The van der Waals surface area contributed by atoms with Crippen molar-refractivity contribution in [3.8, 4) is 0 Å². The van der Waals surface area contributed by atoms with Gasteiger partial charge in [0.05, 0.1) is 12.7 Å². The molecule has 1 fully saturated rings. The van der Waals surface area contributed by atoms with Crippen LogP contribution in [-0.4, -0.2) is 71.6 Å².